The Bertz CT molecular complexity index is 96.6. The van der Waals surface area contributed by atoms with Crippen molar-refractivity contribution < 1.29 is 0 Å². The van der Waals surface area contributed by atoms with Crippen LogP contribution in [0.3, 0.4) is 0 Å². The second-order valence-corrected chi connectivity index (χ2v) is 2.92. The molecule has 0 radical (unpaired) electrons. The zero-order valence-corrected chi connectivity index (χ0v) is 7.68. The van der Waals surface area contributed by atoms with Crippen molar-refractivity contribution in [3.63, 3.8) is 0 Å². The summed E-state index contributed by atoms with van der Waals surface area (Å²) in [6, 6.07) is 0. The average Bonchev–Trinajstić information content (AvgIpc) is 2.11. The van der Waals surface area contributed by atoms with Crippen LogP contribution in [0.1, 0.15) is 39.0 Å². The molecule has 0 aromatic heterocycles. The van der Waals surface area contributed by atoms with Crippen molar-refractivity contribution in [1.82, 2.24) is 0 Å². The van der Waals surface area contributed by atoms with Crippen LogP contribution in [0.4, 0.5) is 0 Å². The second kappa shape index (κ2) is 7.59. The van der Waals surface area contributed by atoms with Crippen molar-refractivity contribution in [3.05, 3.63) is 25.3 Å². The maximum absolute atomic E-state index is 3.00. The van der Waals surface area contributed by atoms with Gasteiger partial charge in [0.2, 0.25) is 0 Å². The van der Waals surface area contributed by atoms with Gasteiger partial charge in [-0.1, -0.05) is 31.4 Å². The summed E-state index contributed by atoms with van der Waals surface area (Å²) in [6.07, 6.45) is 11.8. The van der Waals surface area contributed by atoms with Gasteiger partial charge < -0.3 is 0 Å². The SMILES string of the molecule is C=C.CC=CC1CCCCC1. The van der Waals surface area contributed by atoms with E-state index in [0.29, 0.717) is 0 Å². The third-order valence-corrected chi connectivity index (χ3v) is 2.11. The summed E-state index contributed by atoms with van der Waals surface area (Å²) < 4.78 is 0. The van der Waals surface area contributed by atoms with Crippen molar-refractivity contribution in [2.75, 3.05) is 0 Å². The zero-order valence-electron chi connectivity index (χ0n) is 7.68. The molecule has 1 rings (SSSR count). The molecule has 11 heavy (non-hydrogen) atoms. The van der Waals surface area contributed by atoms with Crippen LogP contribution < -0.4 is 0 Å². The van der Waals surface area contributed by atoms with E-state index in [4.69, 9.17) is 0 Å². The first-order chi connectivity index (χ1) is 5.43. The predicted molar refractivity (Wildman–Crippen MR) is 52.6 cm³/mol. The van der Waals surface area contributed by atoms with Gasteiger partial charge in [0.15, 0.2) is 0 Å². The van der Waals surface area contributed by atoms with Gasteiger partial charge in [-0.25, -0.2) is 0 Å². The summed E-state index contributed by atoms with van der Waals surface area (Å²) in [5.74, 6) is 0.920. The molecular formula is C11H20. The highest BCUT2D eigenvalue weighted by atomic mass is 14.1. The molecule has 0 heteroatoms. The van der Waals surface area contributed by atoms with E-state index < -0.39 is 0 Å². The lowest BCUT2D eigenvalue weighted by Crippen LogP contribution is -2.01. The Morgan fingerprint density at radius 1 is 1.09 bits per heavy atom. The van der Waals surface area contributed by atoms with E-state index in [2.05, 4.69) is 32.2 Å². The van der Waals surface area contributed by atoms with Gasteiger partial charge in [0.25, 0.3) is 0 Å². The van der Waals surface area contributed by atoms with Crippen LogP contribution >= 0.6 is 0 Å². The van der Waals surface area contributed by atoms with Crippen LogP contribution in [0.15, 0.2) is 25.3 Å². The molecule has 0 aromatic rings. The largest absolute Gasteiger partial charge is 0.106 e. The number of rotatable bonds is 1. The number of hydrogen-bond donors (Lipinski definition) is 0. The molecule has 1 saturated carbocycles. The Balaban J connectivity index is 0.000000461. The maximum Gasteiger partial charge on any atom is -0.0234 e. The monoisotopic (exact) mass is 152 g/mol. The molecule has 0 N–H and O–H groups in total. The van der Waals surface area contributed by atoms with E-state index in [0.717, 1.165) is 5.92 Å². The lowest BCUT2D eigenvalue weighted by atomic mass is 9.89. The molecule has 0 atom stereocenters. The summed E-state index contributed by atoms with van der Waals surface area (Å²) >= 11 is 0. The van der Waals surface area contributed by atoms with E-state index in [-0.39, 0.29) is 0 Å². The Labute approximate surface area is 71.0 Å². The van der Waals surface area contributed by atoms with Crippen LogP contribution in [0, 0.1) is 5.92 Å². The summed E-state index contributed by atoms with van der Waals surface area (Å²) in [5.41, 5.74) is 0. The van der Waals surface area contributed by atoms with Crippen LogP contribution in [-0.4, -0.2) is 0 Å². The summed E-state index contributed by atoms with van der Waals surface area (Å²) in [6.45, 7) is 8.12. The van der Waals surface area contributed by atoms with E-state index in [9.17, 15) is 0 Å². The van der Waals surface area contributed by atoms with Gasteiger partial charge in [0.1, 0.15) is 0 Å². The molecule has 0 nitrogen and oxygen atoms in total. The molecule has 0 saturated heterocycles. The second-order valence-electron chi connectivity index (χ2n) is 2.92. The molecule has 1 aliphatic rings. The van der Waals surface area contributed by atoms with E-state index in [1.165, 1.54) is 32.1 Å². The minimum atomic E-state index is 0.920. The van der Waals surface area contributed by atoms with Crippen LogP contribution in [0.25, 0.3) is 0 Å². The number of allylic oxidation sites excluding steroid dienone is 2. The topological polar surface area (TPSA) is 0 Å². The molecule has 1 aliphatic carbocycles. The Morgan fingerprint density at radius 3 is 2.09 bits per heavy atom. The van der Waals surface area contributed by atoms with Gasteiger partial charge in [0.05, 0.1) is 0 Å². The lowest BCUT2D eigenvalue weighted by molar-refractivity contribution is 0.419. The lowest BCUT2D eigenvalue weighted by Gasteiger charge is -2.17. The van der Waals surface area contributed by atoms with Crippen molar-refractivity contribution >= 4 is 0 Å². The molecule has 0 amide bonds. The normalized spacial score (nSPS) is 19.4. The fourth-order valence-corrected chi connectivity index (χ4v) is 1.60. The quantitative estimate of drug-likeness (QED) is 0.499. The summed E-state index contributed by atoms with van der Waals surface area (Å²) in [7, 11) is 0. The predicted octanol–water partition coefficient (Wildman–Crippen LogP) is 3.95. The molecule has 0 aliphatic heterocycles. The third-order valence-electron chi connectivity index (χ3n) is 2.11. The van der Waals surface area contributed by atoms with Gasteiger partial charge in [0, 0.05) is 0 Å². The fourth-order valence-electron chi connectivity index (χ4n) is 1.60. The van der Waals surface area contributed by atoms with Gasteiger partial charge in [-0.2, -0.15) is 0 Å². The van der Waals surface area contributed by atoms with Crippen molar-refractivity contribution in [2.45, 2.75) is 39.0 Å². The highest BCUT2D eigenvalue weighted by Gasteiger charge is 2.08. The highest BCUT2D eigenvalue weighted by molar-refractivity contribution is 4.86. The van der Waals surface area contributed by atoms with Crippen LogP contribution in [0.5, 0.6) is 0 Å². The Hall–Kier alpha value is -0.520. The molecule has 64 valence electrons. The number of hydrogen-bond acceptors (Lipinski definition) is 0. The first-order valence-electron chi connectivity index (χ1n) is 4.56. The Morgan fingerprint density at radius 2 is 1.64 bits per heavy atom. The minimum Gasteiger partial charge on any atom is -0.106 e. The molecule has 0 spiro atoms. The Kier molecular flexibility index (Phi) is 7.23. The first kappa shape index (κ1) is 10.5. The van der Waals surface area contributed by atoms with Crippen molar-refractivity contribution in [3.8, 4) is 0 Å². The van der Waals surface area contributed by atoms with Crippen molar-refractivity contribution in [2.24, 2.45) is 5.92 Å². The van der Waals surface area contributed by atoms with Gasteiger partial charge >= 0.3 is 0 Å². The highest BCUT2D eigenvalue weighted by Crippen LogP contribution is 2.24. The zero-order chi connectivity index (χ0) is 8.53. The van der Waals surface area contributed by atoms with Gasteiger partial charge in [-0.15, -0.1) is 13.2 Å². The first-order valence-corrected chi connectivity index (χ1v) is 4.56. The van der Waals surface area contributed by atoms with Gasteiger partial charge in [-0.05, 0) is 25.7 Å². The van der Waals surface area contributed by atoms with E-state index in [1.54, 1.807) is 0 Å². The molecule has 0 heterocycles. The molecular weight excluding hydrogens is 132 g/mol. The van der Waals surface area contributed by atoms with Gasteiger partial charge in [-0.3, -0.25) is 0 Å². The summed E-state index contributed by atoms with van der Waals surface area (Å²) in [5, 5.41) is 0. The maximum atomic E-state index is 3.00. The fraction of sp³-hybridized carbons (Fsp3) is 0.636. The average molecular weight is 152 g/mol. The standard InChI is InChI=1S/C9H16.C2H4/c1-2-6-9-7-4-3-5-8-9;1-2/h2,6,9H,3-5,7-8H2,1H3;1-2H2. The molecule has 0 aromatic carbocycles. The smallest absolute Gasteiger partial charge is 0.0234 e. The molecule has 1 fully saturated rings. The van der Waals surface area contributed by atoms with E-state index >= 15 is 0 Å². The van der Waals surface area contributed by atoms with Crippen molar-refractivity contribution in [1.29, 1.82) is 0 Å². The summed E-state index contributed by atoms with van der Waals surface area (Å²) in [4.78, 5) is 0. The minimum absolute atomic E-state index is 0.920. The molecule has 0 unspecified atom stereocenters. The van der Waals surface area contributed by atoms with E-state index in [1.807, 2.05) is 0 Å². The van der Waals surface area contributed by atoms with Crippen LogP contribution in [-0.2, 0) is 0 Å². The van der Waals surface area contributed by atoms with Crippen LogP contribution in [0.2, 0.25) is 0 Å². The molecule has 0 bridgehead atoms. The third kappa shape index (κ3) is 4.83.